The predicted molar refractivity (Wildman–Crippen MR) is 216 cm³/mol. The third-order valence-electron chi connectivity index (χ3n) is 11.6. The molecule has 0 aliphatic carbocycles. The Hall–Kier alpha value is 0.470. The number of ether oxygens (including phenoxy) is 4. The maximum Gasteiger partial charge on any atom is 1.00 e. The molecule has 2 fully saturated rings. The molecule has 0 aromatic rings. The van der Waals surface area contributed by atoms with Crippen molar-refractivity contribution >= 4 is 10.4 Å². The second-order valence-electron chi connectivity index (χ2n) is 16.5. The average Bonchev–Trinajstić information content (AvgIpc) is 3.18. The van der Waals surface area contributed by atoms with Crippen molar-refractivity contribution in [2.75, 3.05) is 19.8 Å². The number of aliphatic hydroxyl groups is 6. The van der Waals surface area contributed by atoms with E-state index in [-0.39, 0.29) is 42.1 Å². The van der Waals surface area contributed by atoms with E-state index < -0.39 is 85.0 Å². The Kier molecular flexibility index (Phi) is 33.1. The van der Waals surface area contributed by atoms with Gasteiger partial charge in [-0.2, -0.15) is 0 Å². The van der Waals surface area contributed by atoms with Gasteiger partial charge in [0.1, 0.15) is 48.8 Å². The largest absolute Gasteiger partial charge is 1.00 e. The fourth-order valence-corrected chi connectivity index (χ4v) is 8.52. The van der Waals surface area contributed by atoms with Crippen molar-refractivity contribution in [3.8, 4) is 0 Å². The Bertz CT molecular complexity index is 1050. The predicted octanol–water partition coefficient (Wildman–Crippen LogP) is 2.91. The fourth-order valence-electron chi connectivity index (χ4n) is 8.02. The Balaban J connectivity index is 0.0000168. The summed E-state index contributed by atoms with van der Waals surface area (Å²) in [5, 5.41) is 63.0. The molecule has 0 aromatic carbocycles. The van der Waals surface area contributed by atoms with Crippen molar-refractivity contribution in [1.82, 2.24) is 0 Å². The first-order valence-electron chi connectivity index (χ1n) is 22.6. The Morgan fingerprint density at radius 2 is 0.931 bits per heavy atom. The summed E-state index contributed by atoms with van der Waals surface area (Å²) in [6.45, 7) is 3.22. The van der Waals surface area contributed by atoms with Gasteiger partial charge in [-0.05, 0) is 18.8 Å². The summed E-state index contributed by atoms with van der Waals surface area (Å²) >= 11 is 0. The van der Waals surface area contributed by atoms with Gasteiger partial charge in [-0.15, -0.1) is 0 Å². The van der Waals surface area contributed by atoms with Gasteiger partial charge < -0.3 is 54.1 Å². The van der Waals surface area contributed by atoms with Gasteiger partial charge in [-0.25, -0.2) is 8.42 Å². The van der Waals surface area contributed by atoms with Crippen LogP contribution in [0.2, 0.25) is 0 Å². The zero-order valence-electron chi connectivity index (χ0n) is 36.2. The van der Waals surface area contributed by atoms with Crippen molar-refractivity contribution in [2.45, 2.75) is 242 Å². The third-order valence-corrected chi connectivity index (χ3v) is 12.0. The maximum atomic E-state index is 11.3. The quantitative estimate of drug-likeness (QED) is 0.0233. The van der Waals surface area contributed by atoms with E-state index in [1.807, 2.05) is 0 Å². The molecular formula is C42H81NaO14S. The molecule has 0 aromatic heterocycles. The summed E-state index contributed by atoms with van der Waals surface area (Å²) in [5.74, 6) is 0.215. The van der Waals surface area contributed by atoms with E-state index in [2.05, 4.69) is 18.0 Å². The number of unbranched alkanes of at least 4 members (excludes halogenated alkanes) is 22. The molecule has 0 amide bonds. The van der Waals surface area contributed by atoms with Crippen molar-refractivity contribution in [1.29, 1.82) is 0 Å². The minimum absolute atomic E-state index is 0. The second-order valence-corrected chi connectivity index (χ2v) is 17.5. The maximum absolute atomic E-state index is 11.3. The molecule has 16 heteroatoms. The first-order chi connectivity index (χ1) is 27.5. The molecule has 0 unspecified atom stereocenters. The van der Waals surface area contributed by atoms with Crippen LogP contribution in [-0.4, -0.2) is 125 Å². The van der Waals surface area contributed by atoms with Gasteiger partial charge in [-0.1, -0.05) is 168 Å². The third kappa shape index (κ3) is 23.2. The standard InChI is InChI=1S/C42H82O14S.Na/c1-3-5-7-9-11-13-15-17-19-21-23-25-27-32(28-26-24-22-20-18-16-14-12-10-8-6-4-2)31-52-41-37(47)36(46)39(34(30-44)54-41)55-42-38(48)40(56-57(49,50)51)35(45)33(29-43)53-42;/h32-48H,3-31H2,1-2H3,(H,49,50,51);/q;+1/p-1/t33-,34-,35+,36-,37-,38-,39-,40+,41-,42+;/m1./s1. The van der Waals surface area contributed by atoms with Crippen LogP contribution < -0.4 is 29.6 Å². The van der Waals surface area contributed by atoms with Gasteiger partial charge in [0.2, 0.25) is 10.4 Å². The number of rotatable bonds is 35. The molecular weight excluding hydrogens is 784 g/mol. The normalized spacial score (nSPS) is 27.9. The van der Waals surface area contributed by atoms with Crippen LogP contribution in [0.15, 0.2) is 0 Å². The summed E-state index contributed by atoms with van der Waals surface area (Å²) < 4.78 is 61.1. The molecule has 0 bridgehead atoms. The van der Waals surface area contributed by atoms with Gasteiger partial charge in [0.15, 0.2) is 12.6 Å². The average molecular weight is 865 g/mol. The molecule has 58 heavy (non-hydrogen) atoms. The van der Waals surface area contributed by atoms with Crippen LogP contribution in [0.25, 0.3) is 0 Å². The van der Waals surface area contributed by atoms with Crippen LogP contribution >= 0.6 is 0 Å². The minimum Gasteiger partial charge on any atom is -0.726 e. The van der Waals surface area contributed by atoms with Gasteiger partial charge in [-0.3, -0.25) is 4.18 Å². The second kappa shape index (κ2) is 34.0. The van der Waals surface area contributed by atoms with E-state index >= 15 is 0 Å². The Labute approximate surface area is 372 Å². The first kappa shape index (κ1) is 56.5. The van der Waals surface area contributed by atoms with Crippen LogP contribution in [0.4, 0.5) is 0 Å². The van der Waals surface area contributed by atoms with Crippen LogP contribution in [-0.2, 0) is 33.5 Å². The fraction of sp³-hybridized carbons (Fsp3) is 1.00. The molecule has 2 heterocycles. The summed E-state index contributed by atoms with van der Waals surface area (Å²) in [6, 6.07) is 0. The van der Waals surface area contributed by atoms with E-state index in [9.17, 15) is 43.6 Å². The topological polar surface area (TPSA) is 225 Å². The van der Waals surface area contributed by atoms with Crippen molar-refractivity contribution in [3.05, 3.63) is 0 Å². The first-order valence-corrected chi connectivity index (χ1v) is 24.0. The molecule has 0 spiro atoms. The van der Waals surface area contributed by atoms with E-state index in [0.29, 0.717) is 0 Å². The van der Waals surface area contributed by atoms with E-state index in [4.69, 9.17) is 18.9 Å². The van der Waals surface area contributed by atoms with Gasteiger partial charge in [0, 0.05) is 0 Å². The van der Waals surface area contributed by atoms with Crippen LogP contribution in [0.1, 0.15) is 181 Å². The van der Waals surface area contributed by atoms with E-state index in [1.54, 1.807) is 0 Å². The minimum atomic E-state index is -5.40. The van der Waals surface area contributed by atoms with Gasteiger partial charge in [0.05, 0.1) is 19.8 Å². The monoisotopic (exact) mass is 865 g/mol. The van der Waals surface area contributed by atoms with Crippen LogP contribution in [0.3, 0.4) is 0 Å². The molecule has 2 aliphatic heterocycles. The summed E-state index contributed by atoms with van der Waals surface area (Å²) in [7, 11) is -5.40. The number of hydrogen-bond acceptors (Lipinski definition) is 14. The van der Waals surface area contributed by atoms with E-state index in [1.165, 1.54) is 128 Å². The molecule has 10 atom stereocenters. The number of hydrogen-bond donors (Lipinski definition) is 6. The molecule has 6 N–H and O–H groups in total. The smallest absolute Gasteiger partial charge is 0.726 e. The van der Waals surface area contributed by atoms with Gasteiger partial charge >= 0.3 is 29.6 Å². The summed E-state index contributed by atoms with van der Waals surface area (Å²) in [6.07, 6.45) is 15.5. The molecule has 2 aliphatic rings. The Morgan fingerprint density at radius 3 is 1.33 bits per heavy atom. The molecule has 340 valence electrons. The van der Waals surface area contributed by atoms with Gasteiger partial charge in [0.25, 0.3) is 0 Å². The van der Waals surface area contributed by atoms with E-state index in [0.717, 1.165) is 38.5 Å². The summed E-state index contributed by atoms with van der Waals surface area (Å²) in [5.41, 5.74) is 0. The molecule has 0 radical (unpaired) electrons. The molecule has 14 nitrogen and oxygen atoms in total. The Morgan fingerprint density at radius 1 is 0.534 bits per heavy atom. The van der Waals surface area contributed by atoms with Crippen LogP contribution in [0, 0.1) is 5.92 Å². The molecule has 0 saturated carbocycles. The number of aliphatic hydroxyl groups excluding tert-OH is 6. The molecule has 2 saturated heterocycles. The zero-order chi connectivity index (χ0) is 41.9. The van der Waals surface area contributed by atoms with Crippen molar-refractivity contribution < 1.29 is 96.3 Å². The van der Waals surface area contributed by atoms with Crippen LogP contribution in [0.5, 0.6) is 0 Å². The SMILES string of the molecule is CCCCCCCCCCCCCCC(CCCCCCCCCCCCCC)CO[C@@H]1O[C@H](CO)[C@@H](O[C@@H]2O[C@H](CO)[C@H](O)[C@H](OS(=O)(=O)[O-])[C@H]2O)[C@H](O)[C@H]1O.[Na+]. The molecule has 2 rings (SSSR count). The zero-order valence-corrected chi connectivity index (χ0v) is 39.0. The summed E-state index contributed by atoms with van der Waals surface area (Å²) in [4.78, 5) is 0. The van der Waals surface area contributed by atoms with Crippen molar-refractivity contribution in [2.24, 2.45) is 5.92 Å². The van der Waals surface area contributed by atoms with Crippen molar-refractivity contribution in [3.63, 3.8) is 0 Å².